The van der Waals surface area contributed by atoms with Crippen molar-refractivity contribution in [3.63, 3.8) is 0 Å². The van der Waals surface area contributed by atoms with Gasteiger partial charge in [0.25, 0.3) is 0 Å². The summed E-state index contributed by atoms with van der Waals surface area (Å²) < 4.78 is 5.41. The second-order valence-corrected chi connectivity index (χ2v) is 5.94. The van der Waals surface area contributed by atoms with Crippen molar-refractivity contribution in [1.29, 1.82) is 0 Å². The molecule has 1 unspecified atom stereocenters. The highest BCUT2D eigenvalue weighted by Gasteiger charge is 2.54. The number of likely N-dealkylation sites (tertiary alicyclic amines) is 1. The minimum absolute atomic E-state index is 0.00313. The number of quaternary nitrogens is 1. The van der Waals surface area contributed by atoms with Gasteiger partial charge in [0.1, 0.15) is 12.3 Å². The van der Waals surface area contributed by atoms with Crippen molar-refractivity contribution in [2.75, 3.05) is 18.4 Å². The Morgan fingerprint density at radius 2 is 1.92 bits per heavy atom. The average Bonchev–Trinajstić information content (AvgIpc) is 3.06. The van der Waals surface area contributed by atoms with Gasteiger partial charge in [0.05, 0.1) is 6.54 Å². The van der Waals surface area contributed by atoms with Crippen molar-refractivity contribution in [1.82, 2.24) is 4.98 Å². The fourth-order valence-electron chi connectivity index (χ4n) is 3.14. The molecule has 2 aromatic rings. The van der Waals surface area contributed by atoms with E-state index in [1.54, 1.807) is 24.5 Å². The summed E-state index contributed by atoms with van der Waals surface area (Å²) in [5.41, 5.74) is 6.45. The van der Waals surface area contributed by atoms with E-state index >= 15 is 0 Å². The van der Waals surface area contributed by atoms with Crippen LogP contribution in [0.1, 0.15) is 12.8 Å². The summed E-state index contributed by atoms with van der Waals surface area (Å²) in [6.45, 7) is 0.351. The molecule has 1 aliphatic heterocycles. The van der Waals surface area contributed by atoms with Gasteiger partial charge >= 0.3 is 11.9 Å². The molecule has 0 saturated carbocycles. The molecule has 0 bridgehead atoms. The molecule has 25 heavy (non-hydrogen) atoms. The predicted octanol–water partition coefficient (Wildman–Crippen LogP) is 2.11. The van der Waals surface area contributed by atoms with Gasteiger partial charge in [-0.2, -0.15) is 0 Å². The third-order valence-corrected chi connectivity index (χ3v) is 4.43. The molecule has 0 spiro atoms. The van der Waals surface area contributed by atoms with Crippen LogP contribution in [0.4, 0.5) is 10.5 Å². The van der Waals surface area contributed by atoms with Gasteiger partial charge in [-0.25, -0.2) is 9.59 Å². The number of primary amides is 1. The molecule has 3 N–H and O–H groups in total. The number of rotatable bonds is 5. The summed E-state index contributed by atoms with van der Waals surface area (Å²) in [7, 11) is 0. The van der Waals surface area contributed by atoms with E-state index in [0.717, 1.165) is 5.69 Å². The Hall–Kier alpha value is -2.93. The Kier molecular flexibility index (Phi) is 4.95. The van der Waals surface area contributed by atoms with Crippen LogP contribution in [0, 0.1) is 0 Å². The number of nitrogens with zero attached hydrogens (tertiary/aromatic N) is 2. The maximum absolute atomic E-state index is 12.9. The number of ether oxygens (including phenoxy) is 1. The second-order valence-electron chi connectivity index (χ2n) is 5.94. The van der Waals surface area contributed by atoms with Crippen molar-refractivity contribution in [2.45, 2.75) is 19.1 Å². The molecule has 1 aliphatic rings. The molecule has 7 nitrogen and oxygen atoms in total. The van der Waals surface area contributed by atoms with Gasteiger partial charge in [-0.3, -0.25) is 4.98 Å². The van der Waals surface area contributed by atoms with Gasteiger partial charge in [0.15, 0.2) is 0 Å². The summed E-state index contributed by atoms with van der Waals surface area (Å²) in [5, 5.41) is 3.05. The van der Waals surface area contributed by atoms with E-state index in [0.29, 0.717) is 25.1 Å². The van der Waals surface area contributed by atoms with E-state index in [4.69, 9.17) is 10.5 Å². The lowest BCUT2D eigenvalue weighted by molar-refractivity contribution is -0.806. The summed E-state index contributed by atoms with van der Waals surface area (Å²) >= 11 is 0. The number of benzene rings is 1. The maximum Gasteiger partial charge on any atom is 0.424 e. The number of anilines is 1. The number of hydrogen-bond acceptors (Lipinski definition) is 5. The third kappa shape index (κ3) is 3.46. The summed E-state index contributed by atoms with van der Waals surface area (Å²) in [4.78, 5) is 29.1. The summed E-state index contributed by atoms with van der Waals surface area (Å²) in [6.07, 6.45) is 3.85. The lowest BCUT2D eigenvalue weighted by Gasteiger charge is -2.32. The van der Waals surface area contributed by atoms with Crippen LogP contribution in [0.25, 0.3) is 0 Å². The highest BCUT2D eigenvalue weighted by Crippen LogP contribution is 2.30. The van der Waals surface area contributed by atoms with Gasteiger partial charge in [-0.1, -0.05) is 18.2 Å². The number of para-hydroxylation sites is 1. The molecule has 130 valence electrons. The van der Waals surface area contributed by atoms with Gasteiger partial charge in [-0.05, 0) is 24.3 Å². The van der Waals surface area contributed by atoms with E-state index in [1.165, 1.54) is 0 Å². The molecule has 1 aromatic carbocycles. The fraction of sp³-hybridized carbons (Fsp3) is 0.278. The normalized spacial score (nSPS) is 22.3. The molecule has 3 amide bonds. The topological polar surface area (TPSA) is 94.3 Å². The van der Waals surface area contributed by atoms with Crippen LogP contribution >= 0.6 is 0 Å². The van der Waals surface area contributed by atoms with E-state index in [-0.39, 0.29) is 12.5 Å². The van der Waals surface area contributed by atoms with E-state index < -0.39 is 16.7 Å². The average molecular weight is 341 g/mol. The Balaban J connectivity index is 1.77. The Morgan fingerprint density at radius 1 is 1.20 bits per heavy atom. The largest absolute Gasteiger partial charge is 0.442 e. The third-order valence-electron chi connectivity index (χ3n) is 4.43. The molecule has 2 atom stereocenters. The van der Waals surface area contributed by atoms with Gasteiger partial charge in [0, 0.05) is 30.9 Å². The first kappa shape index (κ1) is 16.9. The van der Waals surface area contributed by atoms with Crippen molar-refractivity contribution in [2.24, 2.45) is 5.73 Å². The number of carbonyl (C=O) groups excluding carboxylic acids is 2. The lowest BCUT2D eigenvalue weighted by atomic mass is 10.3. The summed E-state index contributed by atoms with van der Waals surface area (Å²) in [5.74, 6) is 0.266. The number of hydrogen-bond donors (Lipinski definition) is 2. The molecule has 1 fully saturated rings. The molecule has 1 aromatic heterocycles. The first-order valence-corrected chi connectivity index (χ1v) is 8.19. The number of imide groups is 1. The van der Waals surface area contributed by atoms with Crippen LogP contribution < -0.4 is 15.8 Å². The lowest BCUT2D eigenvalue weighted by Crippen LogP contribution is -2.65. The highest BCUT2D eigenvalue weighted by atomic mass is 16.5. The Bertz CT molecular complexity index is 739. The molecular formula is C18H21N4O3+. The smallest absolute Gasteiger partial charge is 0.424 e. The maximum atomic E-state index is 12.9. The van der Waals surface area contributed by atoms with Crippen molar-refractivity contribution in [3.8, 4) is 5.75 Å². The van der Waals surface area contributed by atoms with Crippen LogP contribution in [0.3, 0.4) is 0 Å². The minimum atomic E-state index is -0.684. The summed E-state index contributed by atoms with van der Waals surface area (Å²) in [6, 6.07) is 12.1. The SMILES string of the molecule is NC(=O)[N@+]1(C(=O)CNc2ccccc2)CCCC1Oc1ccncc1. The van der Waals surface area contributed by atoms with Crippen LogP contribution in [-0.2, 0) is 4.79 Å². The van der Waals surface area contributed by atoms with Gasteiger partial charge in [0.2, 0.25) is 6.23 Å². The molecule has 3 rings (SSSR count). The van der Waals surface area contributed by atoms with Crippen molar-refractivity contribution >= 4 is 17.6 Å². The molecule has 0 radical (unpaired) electrons. The molecule has 2 heterocycles. The fourth-order valence-corrected chi connectivity index (χ4v) is 3.14. The zero-order valence-electron chi connectivity index (χ0n) is 13.8. The predicted molar refractivity (Wildman–Crippen MR) is 92.5 cm³/mol. The zero-order chi connectivity index (χ0) is 17.7. The monoisotopic (exact) mass is 341 g/mol. The number of amides is 3. The number of nitrogens with two attached hydrogens (primary N) is 1. The second kappa shape index (κ2) is 7.31. The van der Waals surface area contributed by atoms with Crippen LogP contribution in [0.5, 0.6) is 5.75 Å². The van der Waals surface area contributed by atoms with Gasteiger partial charge < -0.3 is 15.8 Å². The Morgan fingerprint density at radius 3 is 2.60 bits per heavy atom. The van der Waals surface area contributed by atoms with Crippen LogP contribution in [-0.4, -0.2) is 40.7 Å². The number of nitrogens with one attached hydrogen (secondary N) is 1. The number of pyridine rings is 1. The number of carbonyl (C=O) groups is 2. The van der Waals surface area contributed by atoms with E-state index in [2.05, 4.69) is 10.3 Å². The van der Waals surface area contributed by atoms with Crippen molar-refractivity contribution in [3.05, 3.63) is 54.9 Å². The quantitative estimate of drug-likeness (QED) is 0.812. The van der Waals surface area contributed by atoms with Crippen LogP contribution in [0.15, 0.2) is 54.9 Å². The van der Waals surface area contributed by atoms with Gasteiger partial charge in [-0.15, -0.1) is 4.48 Å². The number of aromatic nitrogens is 1. The molecule has 7 heteroatoms. The van der Waals surface area contributed by atoms with E-state index in [9.17, 15) is 9.59 Å². The van der Waals surface area contributed by atoms with Crippen LogP contribution in [0.2, 0.25) is 0 Å². The Labute approximate surface area is 146 Å². The molecule has 0 aliphatic carbocycles. The highest BCUT2D eigenvalue weighted by molar-refractivity contribution is 5.86. The molecule has 1 saturated heterocycles. The number of urea groups is 1. The van der Waals surface area contributed by atoms with Crippen molar-refractivity contribution < 1.29 is 18.8 Å². The zero-order valence-corrected chi connectivity index (χ0v) is 13.8. The first-order valence-electron chi connectivity index (χ1n) is 8.19. The standard InChI is InChI=1S/C18H20N4O3/c19-18(24)22(16(23)13-21-14-5-2-1-3-6-14)12-4-7-17(22)25-15-8-10-20-11-9-15/h1-3,5-6,8-11,17,21H,4,7,12-13H2,(H-,19,24)/p+1/t17?,22-/m0/s1. The molecular weight excluding hydrogens is 320 g/mol. The first-order chi connectivity index (χ1) is 12.1. The van der Waals surface area contributed by atoms with E-state index in [1.807, 2.05) is 30.3 Å². The minimum Gasteiger partial charge on any atom is -0.442 e.